The summed E-state index contributed by atoms with van der Waals surface area (Å²) in [5.74, 6) is -0.648. The first-order valence-electron chi connectivity index (χ1n) is 8.14. The van der Waals surface area contributed by atoms with Crippen molar-refractivity contribution in [2.45, 2.75) is 6.42 Å². The fourth-order valence-corrected chi connectivity index (χ4v) is 2.90. The maximum atomic E-state index is 13.7. The monoisotopic (exact) mass is 342 g/mol. The van der Waals surface area contributed by atoms with Crippen molar-refractivity contribution in [2.75, 3.05) is 26.2 Å². The van der Waals surface area contributed by atoms with Crippen LogP contribution in [0.2, 0.25) is 0 Å². The number of carbonyl (C=O) groups is 2. The van der Waals surface area contributed by atoms with Crippen LogP contribution in [0.25, 0.3) is 0 Å². The zero-order valence-corrected chi connectivity index (χ0v) is 13.7. The topological polar surface area (TPSA) is 60.9 Å². The van der Waals surface area contributed by atoms with Crippen molar-refractivity contribution in [3.63, 3.8) is 0 Å². The van der Waals surface area contributed by atoms with Crippen LogP contribution in [0, 0.1) is 5.82 Å². The van der Waals surface area contributed by atoms with Crippen LogP contribution in [0.1, 0.15) is 15.9 Å². The van der Waals surface area contributed by atoms with Crippen LogP contribution in [0.4, 0.5) is 4.39 Å². The zero-order chi connectivity index (χ0) is 17.8. The SMILES string of the molecule is O=C(Cc1ccccc1F)N1CCN(C(=O)c2cccc(O)c2)CC1. The normalized spacial score (nSPS) is 14.4. The Labute approximate surface area is 145 Å². The van der Waals surface area contributed by atoms with Gasteiger partial charge in [0.2, 0.25) is 5.91 Å². The largest absolute Gasteiger partial charge is 0.508 e. The molecule has 1 aliphatic rings. The number of aromatic hydroxyl groups is 1. The van der Waals surface area contributed by atoms with Crippen LogP contribution in [0.5, 0.6) is 5.75 Å². The molecule has 2 amide bonds. The molecule has 0 radical (unpaired) electrons. The van der Waals surface area contributed by atoms with Gasteiger partial charge < -0.3 is 14.9 Å². The molecule has 1 N–H and O–H groups in total. The molecule has 2 aromatic rings. The Balaban J connectivity index is 1.57. The van der Waals surface area contributed by atoms with E-state index in [1.54, 1.807) is 40.1 Å². The number of benzene rings is 2. The summed E-state index contributed by atoms with van der Waals surface area (Å²) in [4.78, 5) is 28.1. The van der Waals surface area contributed by atoms with Gasteiger partial charge in [-0.15, -0.1) is 0 Å². The van der Waals surface area contributed by atoms with Gasteiger partial charge in [0.25, 0.3) is 5.91 Å². The fourth-order valence-electron chi connectivity index (χ4n) is 2.90. The molecule has 5 nitrogen and oxygen atoms in total. The molecular formula is C19H19FN2O3. The Hall–Kier alpha value is -2.89. The van der Waals surface area contributed by atoms with Gasteiger partial charge in [0, 0.05) is 31.7 Å². The molecule has 0 saturated carbocycles. The Kier molecular flexibility index (Phi) is 4.97. The molecule has 1 heterocycles. The molecule has 1 aliphatic heterocycles. The van der Waals surface area contributed by atoms with E-state index >= 15 is 0 Å². The van der Waals surface area contributed by atoms with E-state index in [-0.39, 0.29) is 29.8 Å². The molecule has 3 rings (SSSR count). The third-order valence-corrected chi connectivity index (χ3v) is 4.31. The number of phenolic OH excluding ortho intramolecular Hbond substituents is 1. The summed E-state index contributed by atoms with van der Waals surface area (Å²) in [5.41, 5.74) is 0.803. The van der Waals surface area contributed by atoms with Crippen molar-refractivity contribution in [1.29, 1.82) is 0 Å². The van der Waals surface area contributed by atoms with Gasteiger partial charge in [-0.3, -0.25) is 9.59 Å². The number of halogens is 1. The van der Waals surface area contributed by atoms with E-state index in [4.69, 9.17) is 0 Å². The highest BCUT2D eigenvalue weighted by atomic mass is 19.1. The average molecular weight is 342 g/mol. The zero-order valence-electron chi connectivity index (χ0n) is 13.7. The fraction of sp³-hybridized carbons (Fsp3) is 0.263. The first kappa shape index (κ1) is 17.0. The first-order chi connectivity index (χ1) is 12.0. The molecule has 130 valence electrons. The Morgan fingerprint density at radius 3 is 2.32 bits per heavy atom. The number of hydrogen-bond donors (Lipinski definition) is 1. The van der Waals surface area contributed by atoms with Crippen LogP contribution in [-0.2, 0) is 11.2 Å². The van der Waals surface area contributed by atoms with Gasteiger partial charge in [-0.05, 0) is 29.8 Å². The van der Waals surface area contributed by atoms with Crippen LogP contribution in [0.15, 0.2) is 48.5 Å². The van der Waals surface area contributed by atoms with Gasteiger partial charge in [0.05, 0.1) is 6.42 Å². The van der Waals surface area contributed by atoms with Crippen molar-refractivity contribution in [3.05, 3.63) is 65.5 Å². The Morgan fingerprint density at radius 1 is 0.960 bits per heavy atom. The van der Waals surface area contributed by atoms with Gasteiger partial charge in [-0.1, -0.05) is 24.3 Å². The van der Waals surface area contributed by atoms with Crippen LogP contribution in [-0.4, -0.2) is 52.9 Å². The third-order valence-electron chi connectivity index (χ3n) is 4.31. The molecule has 1 saturated heterocycles. The first-order valence-corrected chi connectivity index (χ1v) is 8.14. The van der Waals surface area contributed by atoms with Gasteiger partial charge >= 0.3 is 0 Å². The number of hydrogen-bond acceptors (Lipinski definition) is 3. The Bertz CT molecular complexity index is 786. The summed E-state index contributed by atoms with van der Waals surface area (Å²) < 4.78 is 13.7. The summed E-state index contributed by atoms with van der Waals surface area (Å²) in [7, 11) is 0. The Morgan fingerprint density at radius 2 is 1.64 bits per heavy atom. The van der Waals surface area contributed by atoms with E-state index in [2.05, 4.69) is 0 Å². The van der Waals surface area contributed by atoms with Gasteiger partial charge in [0.15, 0.2) is 0 Å². The summed E-state index contributed by atoms with van der Waals surface area (Å²) in [6.45, 7) is 1.66. The van der Waals surface area contributed by atoms with E-state index in [0.717, 1.165) is 0 Å². The third kappa shape index (κ3) is 3.96. The number of phenols is 1. The molecule has 25 heavy (non-hydrogen) atoms. The highest BCUT2D eigenvalue weighted by molar-refractivity contribution is 5.94. The lowest BCUT2D eigenvalue weighted by atomic mass is 10.1. The molecule has 1 fully saturated rings. The minimum atomic E-state index is -0.381. The lowest BCUT2D eigenvalue weighted by Crippen LogP contribution is -2.51. The van der Waals surface area contributed by atoms with Gasteiger partial charge in [-0.2, -0.15) is 0 Å². The molecule has 2 aromatic carbocycles. The molecule has 0 atom stereocenters. The lowest BCUT2D eigenvalue weighted by Gasteiger charge is -2.35. The number of nitrogens with zero attached hydrogens (tertiary/aromatic N) is 2. The van der Waals surface area contributed by atoms with Gasteiger partial charge in [0.1, 0.15) is 11.6 Å². The van der Waals surface area contributed by atoms with Crippen molar-refractivity contribution in [2.24, 2.45) is 0 Å². The lowest BCUT2D eigenvalue weighted by molar-refractivity contribution is -0.132. The standard InChI is InChI=1S/C19H19FN2O3/c20-17-7-2-1-4-14(17)13-18(24)21-8-10-22(11-9-21)19(25)15-5-3-6-16(23)12-15/h1-7,12,23H,8-11,13H2. The quantitative estimate of drug-likeness (QED) is 0.929. The predicted octanol–water partition coefficient (Wildman–Crippen LogP) is 2.06. The second-order valence-corrected chi connectivity index (χ2v) is 5.99. The highest BCUT2D eigenvalue weighted by Crippen LogP contribution is 2.15. The van der Waals surface area contributed by atoms with Crippen molar-refractivity contribution >= 4 is 11.8 Å². The number of piperazine rings is 1. The van der Waals surface area contributed by atoms with E-state index in [1.165, 1.54) is 18.2 Å². The molecule has 0 aliphatic carbocycles. The average Bonchev–Trinajstić information content (AvgIpc) is 2.63. The molecule has 0 aromatic heterocycles. The van der Waals surface area contributed by atoms with Crippen molar-refractivity contribution < 1.29 is 19.1 Å². The number of amides is 2. The molecule has 0 unspecified atom stereocenters. The smallest absolute Gasteiger partial charge is 0.254 e. The molecule has 0 bridgehead atoms. The maximum absolute atomic E-state index is 13.7. The van der Waals surface area contributed by atoms with E-state index < -0.39 is 0 Å². The summed E-state index contributed by atoms with van der Waals surface area (Å²) in [6.07, 6.45) is 0.0210. The maximum Gasteiger partial charge on any atom is 0.254 e. The highest BCUT2D eigenvalue weighted by Gasteiger charge is 2.25. The summed E-state index contributed by atoms with van der Waals surface area (Å²) in [6, 6.07) is 12.5. The number of rotatable bonds is 3. The molecule has 0 spiro atoms. The molecular weight excluding hydrogens is 323 g/mol. The van der Waals surface area contributed by atoms with E-state index in [1.807, 2.05) is 0 Å². The van der Waals surface area contributed by atoms with Crippen LogP contribution >= 0.6 is 0 Å². The van der Waals surface area contributed by atoms with Crippen molar-refractivity contribution in [1.82, 2.24) is 9.80 Å². The van der Waals surface area contributed by atoms with E-state index in [9.17, 15) is 19.1 Å². The van der Waals surface area contributed by atoms with Gasteiger partial charge in [-0.25, -0.2) is 4.39 Å². The van der Waals surface area contributed by atoms with Crippen LogP contribution < -0.4 is 0 Å². The summed E-state index contributed by atoms with van der Waals surface area (Å²) in [5, 5.41) is 9.48. The minimum absolute atomic E-state index is 0.0210. The van der Waals surface area contributed by atoms with E-state index in [0.29, 0.717) is 37.3 Å². The second kappa shape index (κ2) is 7.34. The predicted molar refractivity (Wildman–Crippen MR) is 90.7 cm³/mol. The minimum Gasteiger partial charge on any atom is -0.508 e. The molecule has 6 heteroatoms. The van der Waals surface area contributed by atoms with Crippen LogP contribution in [0.3, 0.4) is 0 Å². The summed E-state index contributed by atoms with van der Waals surface area (Å²) >= 11 is 0. The second-order valence-electron chi connectivity index (χ2n) is 5.99. The number of carbonyl (C=O) groups excluding carboxylic acids is 2. The van der Waals surface area contributed by atoms with Crippen molar-refractivity contribution in [3.8, 4) is 5.75 Å².